The zero-order chi connectivity index (χ0) is 29.7. The first-order valence-corrected chi connectivity index (χ1v) is 16.1. The van der Waals surface area contributed by atoms with E-state index in [4.69, 9.17) is 0 Å². The molecule has 2 aromatic heterocycles. The van der Waals surface area contributed by atoms with Crippen LogP contribution in [0.2, 0.25) is 0 Å². The molecule has 9 aromatic rings. The molecule has 0 bridgehead atoms. The van der Waals surface area contributed by atoms with Gasteiger partial charge in [-0.2, -0.15) is 0 Å². The minimum atomic E-state index is 1.13. The van der Waals surface area contributed by atoms with E-state index in [2.05, 4.69) is 179 Å². The second kappa shape index (κ2) is 10.5. The largest absolute Gasteiger partial charge is 0.310 e. The van der Waals surface area contributed by atoms with Crippen LogP contribution in [-0.2, 0) is 0 Å². The fraction of sp³-hybridized carbons (Fsp3) is 0. The summed E-state index contributed by atoms with van der Waals surface area (Å²) in [5.41, 5.74) is 9.42. The maximum absolute atomic E-state index is 2.38. The van der Waals surface area contributed by atoms with Crippen LogP contribution < -0.4 is 4.90 Å². The van der Waals surface area contributed by atoms with Crippen molar-refractivity contribution in [2.75, 3.05) is 4.90 Å². The number of aromatic nitrogens is 1. The van der Waals surface area contributed by atoms with Gasteiger partial charge in [-0.15, -0.1) is 11.3 Å². The normalized spacial score (nSPS) is 11.6. The van der Waals surface area contributed by atoms with E-state index in [1.165, 1.54) is 58.8 Å². The summed E-state index contributed by atoms with van der Waals surface area (Å²) in [6.45, 7) is 0. The van der Waals surface area contributed by atoms with Crippen LogP contribution in [0, 0.1) is 0 Å². The fourth-order valence-electron chi connectivity index (χ4n) is 6.69. The summed E-state index contributed by atoms with van der Waals surface area (Å²) in [5.74, 6) is 0. The van der Waals surface area contributed by atoms with Gasteiger partial charge in [0.15, 0.2) is 0 Å². The molecule has 0 aliphatic heterocycles. The fourth-order valence-corrected chi connectivity index (χ4v) is 7.83. The van der Waals surface area contributed by atoms with Crippen molar-refractivity contribution < 1.29 is 0 Å². The summed E-state index contributed by atoms with van der Waals surface area (Å²) < 4.78 is 5.00. The molecule has 0 unspecified atom stereocenters. The van der Waals surface area contributed by atoms with E-state index in [9.17, 15) is 0 Å². The molecule has 7 aromatic carbocycles. The van der Waals surface area contributed by atoms with Crippen molar-refractivity contribution in [3.8, 4) is 16.8 Å². The monoisotopic (exact) mass is 592 g/mol. The van der Waals surface area contributed by atoms with Crippen molar-refractivity contribution >= 4 is 70.4 Å². The Bertz CT molecular complexity index is 2470. The summed E-state index contributed by atoms with van der Waals surface area (Å²) in [6.07, 6.45) is 0. The summed E-state index contributed by atoms with van der Waals surface area (Å²) in [7, 11) is 0. The van der Waals surface area contributed by atoms with Crippen LogP contribution >= 0.6 is 11.3 Å². The third kappa shape index (κ3) is 4.32. The van der Waals surface area contributed by atoms with Gasteiger partial charge >= 0.3 is 0 Å². The Labute approximate surface area is 265 Å². The second-order valence-corrected chi connectivity index (χ2v) is 12.5. The molecule has 0 saturated heterocycles. The average molecular weight is 593 g/mol. The first kappa shape index (κ1) is 25.8. The van der Waals surface area contributed by atoms with E-state index in [1.54, 1.807) is 0 Å². The molecule has 0 aliphatic carbocycles. The highest BCUT2D eigenvalue weighted by Gasteiger charge is 2.16. The van der Waals surface area contributed by atoms with Gasteiger partial charge in [-0.05, 0) is 77.9 Å². The van der Waals surface area contributed by atoms with E-state index < -0.39 is 0 Å². The summed E-state index contributed by atoms with van der Waals surface area (Å²) in [5, 5.41) is 5.17. The Morgan fingerprint density at radius 3 is 1.78 bits per heavy atom. The van der Waals surface area contributed by atoms with Gasteiger partial charge in [0, 0.05) is 53.7 Å². The number of para-hydroxylation sites is 3. The quantitative estimate of drug-likeness (QED) is 0.193. The molecule has 0 atom stereocenters. The summed E-state index contributed by atoms with van der Waals surface area (Å²) in [4.78, 5) is 2.35. The van der Waals surface area contributed by atoms with Gasteiger partial charge in [0.2, 0.25) is 0 Å². The Morgan fingerprint density at radius 1 is 0.378 bits per heavy atom. The molecule has 212 valence electrons. The Morgan fingerprint density at radius 2 is 0.956 bits per heavy atom. The van der Waals surface area contributed by atoms with Crippen LogP contribution in [0.4, 0.5) is 17.1 Å². The standard InChI is InChI=1S/C42H28N2S/c1-3-11-31(12-4-1)43(34-24-26-38-37-16-8-10-18-41(37)45-42(38)28-34)33-22-19-29(20-23-33)30-21-25-36-35-15-7-9-17-39(35)44(40(36)27-30)32-13-5-2-6-14-32/h1-28H. The molecule has 0 aliphatic rings. The van der Waals surface area contributed by atoms with Gasteiger partial charge in [-0.3, -0.25) is 0 Å². The lowest BCUT2D eigenvalue weighted by atomic mass is 10.0. The van der Waals surface area contributed by atoms with E-state index in [0.717, 1.165) is 17.1 Å². The van der Waals surface area contributed by atoms with Crippen molar-refractivity contribution in [1.82, 2.24) is 4.57 Å². The van der Waals surface area contributed by atoms with Gasteiger partial charge in [-0.25, -0.2) is 0 Å². The zero-order valence-electron chi connectivity index (χ0n) is 24.5. The number of fused-ring (bicyclic) bond motifs is 6. The number of rotatable bonds is 5. The van der Waals surface area contributed by atoms with Crippen molar-refractivity contribution in [2.24, 2.45) is 0 Å². The minimum absolute atomic E-state index is 1.13. The second-order valence-electron chi connectivity index (χ2n) is 11.4. The van der Waals surface area contributed by atoms with Crippen LogP contribution in [0.15, 0.2) is 170 Å². The smallest absolute Gasteiger partial charge is 0.0547 e. The summed E-state index contributed by atoms with van der Waals surface area (Å²) >= 11 is 1.86. The van der Waals surface area contributed by atoms with Crippen LogP contribution in [0.1, 0.15) is 0 Å². The van der Waals surface area contributed by atoms with Crippen LogP contribution in [-0.4, -0.2) is 4.57 Å². The highest BCUT2D eigenvalue weighted by molar-refractivity contribution is 7.25. The van der Waals surface area contributed by atoms with Crippen LogP contribution in [0.5, 0.6) is 0 Å². The number of benzene rings is 7. The first-order chi connectivity index (χ1) is 22.3. The zero-order valence-corrected chi connectivity index (χ0v) is 25.3. The van der Waals surface area contributed by atoms with Gasteiger partial charge in [0.05, 0.1) is 11.0 Å². The maximum Gasteiger partial charge on any atom is 0.0547 e. The van der Waals surface area contributed by atoms with Crippen LogP contribution in [0.3, 0.4) is 0 Å². The number of hydrogen-bond donors (Lipinski definition) is 0. The highest BCUT2D eigenvalue weighted by atomic mass is 32.1. The number of hydrogen-bond acceptors (Lipinski definition) is 2. The van der Waals surface area contributed by atoms with Gasteiger partial charge < -0.3 is 9.47 Å². The molecular weight excluding hydrogens is 565 g/mol. The first-order valence-electron chi connectivity index (χ1n) is 15.3. The topological polar surface area (TPSA) is 8.17 Å². The minimum Gasteiger partial charge on any atom is -0.310 e. The van der Waals surface area contributed by atoms with E-state index in [0.29, 0.717) is 0 Å². The van der Waals surface area contributed by atoms with E-state index in [1.807, 2.05) is 11.3 Å². The van der Waals surface area contributed by atoms with Crippen molar-refractivity contribution in [1.29, 1.82) is 0 Å². The average Bonchev–Trinajstić information content (AvgIpc) is 3.64. The van der Waals surface area contributed by atoms with Crippen molar-refractivity contribution in [3.05, 3.63) is 170 Å². The van der Waals surface area contributed by atoms with Gasteiger partial charge in [0.25, 0.3) is 0 Å². The lowest BCUT2D eigenvalue weighted by molar-refractivity contribution is 1.18. The molecule has 2 heterocycles. The van der Waals surface area contributed by atoms with Gasteiger partial charge in [-0.1, -0.05) is 103 Å². The maximum atomic E-state index is 2.38. The molecule has 2 nitrogen and oxygen atoms in total. The lowest BCUT2D eigenvalue weighted by Crippen LogP contribution is -2.09. The molecule has 0 amide bonds. The number of anilines is 3. The Balaban J connectivity index is 1.15. The van der Waals surface area contributed by atoms with Gasteiger partial charge in [0.1, 0.15) is 0 Å². The Kier molecular flexibility index (Phi) is 6.03. The predicted molar refractivity (Wildman–Crippen MR) is 194 cm³/mol. The molecule has 9 rings (SSSR count). The van der Waals surface area contributed by atoms with Crippen molar-refractivity contribution in [3.63, 3.8) is 0 Å². The Hall–Kier alpha value is -5.64. The SMILES string of the molecule is c1ccc(N(c2ccc(-c3ccc4c5ccccc5n(-c5ccccc5)c4c3)cc2)c2ccc3c(c2)sc2ccccc23)cc1. The lowest BCUT2D eigenvalue weighted by Gasteiger charge is -2.25. The van der Waals surface area contributed by atoms with E-state index >= 15 is 0 Å². The molecule has 0 saturated carbocycles. The van der Waals surface area contributed by atoms with Crippen molar-refractivity contribution in [2.45, 2.75) is 0 Å². The molecule has 45 heavy (non-hydrogen) atoms. The highest BCUT2D eigenvalue weighted by Crippen LogP contribution is 2.41. The van der Waals surface area contributed by atoms with E-state index in [-0.39, 0.29) is 0 Å². The molecule has 0 radical (unpaired) electrons. The number of thiophene rings is 1. The molecule has 0 N–H and O–H groups in total. The number of nitrogens with zero attached hydrogens (tertiary/aromatic N) is 2. The third-order valence-electron chi connectivity index (χ3n) is 8.78. The molecular formula is C42H28N2S. The predicted octanol–water partition coefficient (Wildman–Crippen LogP) is 12.3. The molecule has 0 spiro atoms. The third-order valence-corrected chi connectivity index (χ3v) is 9.92. The van der Waals surface area contributed by atoms with Crippen LogP contribution in [0.25, 0.3) is 58.8 Å². The molecule has 0 fully saturated rings. The molecule has 3 heteroatoms. The summed E-state index contributed by atoms with van der Waals surface area (Å²) in [6, 6.07) is 61.4.